The van der Waals surface area contributed by atoms with E-state index in [4.69, 9.17) is 10.00 Å². The fourth-order valence-corrected chi connectivity index (χ4v) is 1.30. The Bertz CT molecular complexity index is 383. The Hall–Kier alpha value is -1.63. The van der Waals surface area contributed by atoms with Crippen LogP contribution in [-0.4, -0.2) is 13.0 Å². The molecular formula is C12H13F2NO. The number of benzene rings is 1. The van der Waals surface area contributed by atoms with E-state index in [0.29, 0.717) is 17.9 Å². The molecule has 0 radical (unpaired) electrons. The Morgan fingerprint density at radius 2 is 1.94 bits per heavy atom. The van der Waals surface area contributed by atoms with Crippen LogP contribution in [0.2, 0.25) is 0 Å². The highest BCUT2D eigenvalue weighted by molar-refractivity contribution is 5.36. The van der Waals surface area contributed by atoms with Crippen LogP contribution in [0.1, 0.15) is 19.4 Å². The number of ether oxygens (including phenoxy) is 1. The molecule has 1 atom stereocenters. The zero-order valence-corrected chi connectivity index (χ0v) is 9.21. The first-order valence-corrected chi connectivity index (χ1v) is 4.97. The highest BCUT2D eigenvalue weighted by Crippen LogP contribution is 2.31. The maximum Gasteiger partial charge on any atom is 0.260 e. The molecule has 0 aliphatic rings. The highest BCUT2D eigenvalue weighted by atomic mass is 19.3. The molecule has 0 bridgehead atoms. The van der Waals surface area contributed by atoms with Crippen LogP contribution in [0.5, 0.6) is 5.75 Å². The summed E-state index contributed by atoms with van der Waals surface area (Å²) in [4.78, 5) is 0. The molecule has 0 saturated carbocycles. The molecule has 0 aliphatic heterocycles. The van der Waals surface area contributed by atoms with Crippen molar-refractivity contribution < 1.29 is 13.5 Å². The fourth-order valence-electron chi connectivity index (χ4n) is 1.30. The molecule has 86 valence electrons. The number of nitrogens with zero attached hydrogens (tertiary/aromatic N) is 1. The lowest BCUT2D eigenvalue weighted by Crippen LogP contribution is -2.28. The van der Waals surface area contributed by atoms with Gasteiger partial charge >= 0.3 is 0 Å². The van der Waals surface area contributed by atoms with Gasteiger partial charge in [0.25, 0.3) is 6.43 Å². The molecule has 0 aromatic heterocycles. The normalized spacial score (nSPS) is 14.2. The van der Waals surface area contributed by atoms with Gasteiger partial charge in [-0.1, -0.05) is 12.1 Å². The lowest BCUT2D eigenvalue weighted by atomic mass is 9.84. The van der Waals surface area contributed by atoms with Crippen LogP contribution in [-0.2, 0) is 5.41 Å². The molecule has 1 aromatic carbocycles. The number of nitriles is 1. The Kier molecular flexibility index (Phi) is 3.83. The van der Waals surface area contributed by atoms with Crippen LogP contribution < -0.4 is 4.74 Å². The Morgan fingerprint density at radius 1 is 1.38 bits per heavy atom. The minimum Gasteiger partial charge on any atom is -0.494 e. The Labute approximate surface area is 93.5 Å². The summed E-state index contributed by atoms with van der Waals surface area (Å²) < 4.78 is 30.7. The second-order valence-corrected chi connectivity index (χ2v) is 3.57. The van der Waals surface area contributed by atoms with Crippen molar-refractivity contribution in [3.05, 3.63) is 29.8 Å². The smallest absolute Gasteiger partial charge is 0.260 e. The van der Waals surface area contributed by atoms with Crippen LogP contribution in [0.15, 0.2) is 24.3 Å². The third-order valence-corrected chi connectivity index (χ3v) is 2.43. The third-order valence-electron chi connectivity index (χ3n) is 2.43. The van der Waals surface area contributed by atoms with Crippen molar-refractivity contribution in [1.82, 2.24) is 0 Å². The third kappa shape index (κ3) is 2.30. The SMILES string of the molecule is CCOc1ccc(C(C)(C#N)C(F)F)cc1. The van der Waals surface area contributed by atoms with Crippen LogP contribution >= 0.6 is 0 Å². The van der Waals surface area contributed by atoms with Gasteiger partial charge in [-0.05, 0) is 31.5 Å². The summed E-state index contributed by atoms with van der Waals surface area (Å²) in [5, 5.41) is 8.82. The quantitative estimate of drug-likeness (QED) is 0.788. The van der Waals surface area contributed by atoms with Crippen LogP contribution in [0.4, 0.5) is 8.78 Å². The van der Waals surface area contributed by atoms with E-state index in [1.54, 1.807) is 18.2 Å². The maximum absolute atomic E-state index is 12.8. The summed E-state index contributed by atoms with van der Waals surface area (Å²) in [6, 6.07) is 7.84. The van der Waals surface area contributed by atoms with Crippen molar-refractivity contribution in [2.45, 2.75) is 25.7 Å². The average molecular weight is 225 g/mol. The van der Waals surface area contributed by atoms with Crippen molar-refractivity contribution in [3.8, 4) is 11.8 Å². The molecule has 1 rings (SSSR count). The van der Waals surface area contributed by atoms with Gasteiger partial charge in [-0.2, -0.15) is 5.26 Å². The molecule has 1 unspecified atom stereocenters. The number of hydrogen-bond acceptors (Lipinski definition) is 2. The number of halogens is 2. The molecule has 0 heterocycles. The maximum atomic E-state index is 12.8. The summed E-state index contributed by atoms with van der Waals surface area (Å²) in [7, 11) is 0. The molecule has 16 heavy (non-hydrogen) atoms. The Morgan fingerprint density at radius 3 is 2.31 bits per heavy atom. The number of alkyl halides is 2. The van der Waals surface area contributed by atoms with Crippen LogP contribution in [0.3, 0.4) is 0 Å². The predicted molar refractivity (Wildman–Crippen MR) is 56.6 cm³/mol. The van der Waals surface area contributed by atoms with E-state index in [0.717, 1.165) is 0 Å². The monoisotopic (exact) mass is 225 g/mol. The molecule has 1 aromatic rings. The Balaban J connectivity index is 3.01. The molecule has 0 amide bonds. The minimum absolute atomic E-state index is 0.299. The molecule has 0 spiro atoms. The average Bonchev–Trinajstić information content (AvgIpc) is 2.29. The molecular weight excluding hydrogens is 212 g/mol. The van der Waals surface area contributed by atoms with E-state index >= 15 is 0 Å². The fraction of sp³-hybridized carbons (Fsp3) is 0.417. The molecule has 4 heteroatoms. The number of hydrogen-bond donors (Lipinski definition) is 0. The zero-order valence-electron chi connectivity index (χ0n) is 9.21. The summed E-state index contributed by atoms with van der Waals surface area (Å²) in [5.74, 6) is 0.612. The lowest BCUT2D eigenvalue weighted by molar-refractivity contribution is 0.0884. The highest BCUT2D eigenvalue weighted by Gasteiger charge is 2.37. The summed E-state index contributed by atoms with van der Waals surface area (Å²) in [6.45, 7) is 3.59. The van der Waals surface area contributed by atoms with Gasteiger partial charge < -0.3 is 4.74 Å². The lowest BCUT2D eigenvalue weighted by Gasteiger charge is -2.21. The molecule has 0 N–H and O–H groups in total. The van der Waals surface area contributed by atoms with Crippen molar-refractivity contribution in [3.63, 3.8) is 0 Å². The predicted octanol–water partition coefficient (Wildman–Crippen LogP) is 3.13. The second-order valence-electron chi connectivity index (χ2n) is 3.57. The van der Waals surface area contributed by atoms with Crippen molar-refractivity contribution >= 4 is 0 Å². The summed E-state index contributed by atoms with van der Waals surface area (Å²) in [5.41, 5.74) is -1.46. The topological polar surface area (TPSA) is 33.0 Å². The summed E-state index contributed by atoms with van der Waals surface area (Å²) >= 11 is 0. The van der Waals surface area contributed by atoms with Gasteiger partial charge in [0.05, 0.1) is 12.7 Å². The first-order chi connectivity index (χ1) is 7.54. The zero-order chi connectivity index (χ0) is 12.2. The van der Waals surface area contributed by atoms with Gasteiger partial charge in [-0.3, -0.25) is 0 Å². The van der Waals surface area contributed by atoms with Crippen molar-refractivity contribution in [2.75, 3.05) is 6.61 Å². The molecule has 0 aliphatic carbocycles. The first kappa shape index (κ1) is 12.4. The van der Waals surface area contributed by atoms with Gasteiger partial charge in [-0.25, -0.2) is 8.78 Å². The van der Waals surface area contributed by atoms with E-state index in [1.807, 2.05) is 6.92 Å². The first-order valence-electron chi connectivity index (χ1n) is 4.97. The van der Waals surface area contributed by atoms with Gasteiger partial charge in [0, 0.05) is 0 Å². The van der Waals surface area contributed by atoms with E-state index in [2.05, 4.69) is 0 Å². The van der Waals surface area contributed by atoms with Gasteiger partial charge in [0.2, 0.25) is 0 Å². The van der Waals surface area contributed by atoms with E-state index in [9.17, 15) is 8.78 Å². The minimum atomic E-state index is -2.71. The van der Waals surface area contributed by atoms with Crippen LogP contribution in [0.25, 0.3) is 0 Å². The van der Waals surface area contributed by atoms with Crippen molar-refractivity contribution in [2.24, 2.45) is 0 Å². The molecule has 2 nitrogen and oxygen atoms in total. The van der Waals surface area contributed by atoms with Crippen molar-refractivity contribution in [1.29, 1.82) is 5.26 Å². The largest absolute Gasteiger partial charge is 0.494 e. The number of rotatable bonds is 4. The summed E-state index contributed by atoms with van der Waals surface area (Å²) in [6.07, 6.45) is -2.71. The van der Waals surface area contributed by atoms with Gasteiger partial charge in [-0.15, -0.1) is 0 Å². The molecule has 0 fully saturated rings. The standard InChI is InChI=1S/C12H13F2NO/c1-3-16-10-6-4-9(5-7-10)12(2,8-15)11(13)14/h4-7,11H,3H2,1-2H3. The van der Waals surface area contributed by atoms with Crippen LogP contribution in [0, 0.1) is 11.3 Å². The van der Waals surface area contributed by atoms with E-state index < -0.39 is 11.8 Å². The van der Waals surface area contributed by atoms with E-state index in [1.165, 1.54) is 19.1 Å². The van der Waals surface area contributed by atoms with E-state index in [-0.39, 0.29) is 0 Å². The molecule has 0 saturated heterocycles. The van der Waals surface area contributed by atoms with Gasteiger partial charge in [0.1, 0.15) is 11.2 Å². The second kappa shape index (κ2) is 4.93. The van der Waals surface area contributed by atoms with Gasteiger partial charge in [0.15, 0.2) is 0 Å².